The van der Waals surface area contributed by atoms with Crippen molar-refractivity contribution < 1.29 is 4.74 Å². The van der Waals surface area contributed by atoms with Gasteiger partial charge in [-0.3, -0.25) is 0 Å². The van der Waals surface area contributed by atoms with Crippen molar-refractivity contribution in [1.29, 1.82) is 0 Å². The summed E-state index contributed by atoms with van der Waals surface area (Å²) in [5.41, 5.74) is 5.48. The quantitative estimate of drug-likeness (QED) is 0.649. The maximum absolute atomic E-state index is 5.65. The summed E-state index contributed by atoms with van der Waals surface area (Å²) in [5.74, 6) is 0. The van der Waals surface area contributed by atoms with E-state index in [0.29, 0.717) is 24.8 Å². The molecule has 0 bridgehead atoms. The number of ether oxygens (including phenoxy) is 1. The van der Waals surface area contributed by atoms with Crippen LogP contribution in [0.4, 0.5) is 0 Å². The zero-order chi connectivity index (χ0) is 8.97. The van der Waals surface area contributed by atoms with Crippen molar-refractivity contribution >= 4 is 0 Å². The smallest absolute Gasteiger partial charge is 0.0704 e. The van der Waals surface area contributed by atoms with E-state index in [1.165, 1.54) is 12.8 Å². The second kappa shape index (κ2) is 4.80. The van der Waals surface area contributed by atoms with Crippen molar-refractivity contribution in [3.05, 3.63) is 0 Å². The van der Waals surface area contributed by atoms with Gasteiger partial charge >= 0.3 is 0 Å². The molecule has 0 aromatic heterocycles. The number of nitrogens with one attached hydrogen (secondary N) is 1. The molecule has 0 aliphatic carbocycles. The van der Waals surface area contributed by atoms with Gasteiger partial charge in [0.1, 0.15) is 0 Å². The summed E-state index contributed by atoms with van der Waals surface area (Å²) < 4.78 is 5.65. The average molecular weight is 172 g/mol. The topological polar surface area (TPSA) is 47.3 Å². The zero-order valence-electron chi connectivity index (χ0n) is 8.05. The van der Waals surface area contributed by atoms with Crippen LogP contribution in [0.15, 0.2) is 0 Å². The first-order valence-corrected chi connectivity index (χ1v) is 4.81. The Hall–Kier alpha value is -0.120. The second-order valence-corrected chi connectivity index (χ2v) is 3.69. The molecule has 1 rings (SSSR count). The molecule has 1 aliphatic heterocycles. The lowest BCUT2D eigenvalue weighted by atomic mass is 10.2. The molecule has 12 heavy (non-hydrogen) atoms. The molecule has 0 aromatic rings. The minimum atomic E-state index is 0.407. The van der Waals surface area contributed by atoms with Crippen molar-refractivity contribution in [2.45, 2.75) is 44.9 Å². The van der Waals surface area contributed by atoms with Crippen LogP contribution < -0.4 is 11.1 Å². The van der Waals surface area contributed by atoms with Gasteiger partial charge in [0.25, 0.3) is 0 Å². The fourth-order valence-corrected chi connectivity index (χ4v) is 1.45. The highest BCUT2D eigenvalue weighted by Gasteiger charge is 2.21. The van der Waals surface area contributed by atoms with Gasteiger partial charge < -0.3 is 15.8 Å². The van der Waals surface area contributed by atoms with E-state index >= 15 is 0 Å². The zero-order valence-corrected chi connectivity index (χ0v) is 8.05. The Balaban J connectivity index is 2.07. The van der Waals surface area contributed by atoms with Gasteiger partial charge in [-0.1, -0.05) is 0 Å². The van der Waals surface area contributed by atoms with Crippen LogP contribution in [0.3, 0.4) is 0 Å². The molecule has 1 heterocycles. The lowest BCUT2D eigenvalue weighted by Gasteiger charge is -2.15. The highest BCUT2D eigenvalue weighted by atomic mass is 16.5. The molecule has 0 spiro atoms. The maximum Gasteiger partial charge on any atom is 0.0704 e. The van der Waals surface area contributed by atoms with E-state index in [1.54, 1.807) is 0 Å². The first-order chi connectivity index (χ1) is 5.72. The largest absolute Gasteiger partial charge is 0.374 e. The summed E-state index contributed by atoms with van der Waals surface area (Å²) >= 11 is 0. The van der Waals surface area contributed by atoms with E-state index in [0.717, 1.165) is 6.54 Å². The Bertz CT molecular complexity index is 130. The van der Waals surface area contributed by atoms with Crippen LogP contribution in [0.1, 0.15) is 26.7 Å². The van der Waals surface area contributed by atoms with Crippen LogP contribution in [-0.2, 0) is 4.74 Å². The fourth-order valence-electron chi connectivity index (χ4n) is 1.45. The van der Waals surface area contributed by atoms with Gasteiger partial charge in [-0.05, 0) is 26.7 Å². The normalized spacial score (nSPS) is 32.2. The third-order valence-electron chi connectivity index (χ3n) is 2.37. The number of nitrogens with two attached hydrogens (primary N) is 1. The van der Waals surface area contributed by atoms with Gasteiger partial charge in [0.15, 0.2) is 0 Å². The summed E-state index contributed by atoms with van der Waals surface area (Å²) in [7, 11) is 0. The molecular formula is C9H20N2O. The molecule has 3 heteroatoms. The van der Waals surface area contributed by atoms with Gasteiger partial charge in [0, 0.05) is 19.1 Å². The summed E-state index contributed by atoms with van der Waals surface area (Å²) in [6, 6.07) is 0.407. The van der Waals surface area contributed by atoms with E-state index in [9.17, 15) is 0 Å². The molecule has 72 valence electrons. The van der Waals surface area contributed by atoms with E-state index in [2.05, 4.69) is 19.2 Å². The highest BCUT2D eigenvalue weighted by Crippen LogP contribution is 2.18. The monoisotopic (exact) mass is 172 g/mol. The standard InChI is InChI=1S/C9H20N2O/c1-7(5-10)11-6-9-4-3-8(2)12-9/h7-9,11H,3-6,10H2,1-2H3/t7-,8?,9?/m0/s1. The van der Waals surface area contributed by atoms with E-state index in [4.69, 9.17) is 10.5 Å². The van der Waals surface area contributed by atoms with Gasteiger partial charge in [-0.15, -0.1) is 0 Å². The predicted octanol–water partition coefficient (Wildman–Crippen LogP) is 0.491. The van der Waals surface area contributed by atoms with E-state index in [-0.39, 0.29) is 0 Å². The first kappa shape index (κ1) is 9.96. The molecule has 2 unspecified atom stereocenters. The van der Waals surface area contributed by atoms with E-state index in [1.807, 2.05) is 0 Å². The summed E-state index contributed by atoms with van der Waals surface area (Å²) in [5, 5.41) is 3.34. The lowest BCUT2D eigenvalue weighted by Crippen LogP contribution is -2.38. The molecular weight excluding hydrogens is 152 g/mol. The third kappa shape index (κ3) is 3.09. The summed E-state index contributed by atoms with van der Waals surface area (Å²) in [6.45, 7) is 5.87. The van der Waals surface area contributed by atoms with Crippen molar-refractivity contribution in [3.8, 4) is 0 Å². The third-order valence-corrected chi connectivity index (χ3v) is 2.37. The number of hydrogen-bond donors (Lipinski definition) is 2. The molecule has 0 radical (unpaired) electrons. The average Bonchev–Trinajstić information content (AvgIpc) is 2.47. The van der Waals surface area contributed by atoms with Gasteiger partial charge in [0.2, 0.25) is 0 Å². The Kier molecular flexibility index (Phi) is 3.98. The maximum atomic E-state index is 5.65. The number of rotatable bonds is 4. The van der Waals surface area contributed by atoms with Crippen LogP contribution >= 0.6 is 0 Å². The Morgan fingerprint density at radius 1 is 1.58 bits per heavy atom. The number of hydrogen-bond acceptors (Lipinski definition) is 3. The highest BCUT2D eigenvalue weighted by molar-refractivity contribution is 4.74. The SMILES string of the molecule is CC1CCC(CN[C@@H](C)CN)O1. The molecule has 3 nitrogen and oxygen atoms in total. The van der Waals surface area contributed by atoms with Crippen LogP contribution in [0.5, 0.6) is 0 Å². The summed E-state index contributed by atoms with van der Waals surface area (Å²) in [6.07, 6.45) is 3.24. The molecule has 1 aliphatic rings. The molecule has 0 amide bonds. The predicted molar refractivity (Wildman–Crippen MR) is 50.1 cm³/mol. The second-order valence-electron chi connectivity index (χ2n) is 3.69. The Morgan fingerprint density at radius 2 is 2.33 bits per heavy atom. The van der Waals surface area contributed by atoms with Crippen molar-refractivity contribution in [3.63, 3.8) is 0 Å². The molecule has 1 fully saturated rings. The first-order valence-electron chi connectivity index (χ1n) is 4.81. The van der Waals surface area contributed by atoms with E-state index < -0.39 is 0 Å². The van der Waals surface area contributed by atoms with Crippen molar-refractivity contribution in [2.24, 2.45) is 5.73 Å². The molecule has 0 saturated carbocycles. The Morgan fingerprint density at radius 3 is 2.83 bits per heavy atom. The molecule has 1 saturated heterocycles. The van der Waals surface area contributed by atoms with Crippen LogP contribution in [0.25, 0.3) is 0 Å². The van der Waals surface area contributed by atoms with Gasteiger partial charge in [-0.2, -0.15) is 0 Å². The molecule has 3 N–H and O–H groups in total. The van der Waals surface area contributed by atoms with Crippen LogP contribution in [-0.4, -0.2) is 31.3 Å². The minimum absolute atomic E-state index is 0.407. The van der Waals surface area contributed by atoms with Crippen molar-refractivity contribution in [1.82, 2.24) is 5.32 Å². The molecule has 3 atom stereocenters. The Labute approximate surface area is 74.7 Å². The van der Waals surface area contributed by atoms with Gasteiger partial charge in [0.05, 0.1) is 12.2 Å². The van der Waals surface area contributed by atoms with Crippen molar-refractivity contribution in [2.75, 3.05) is 13.1 Å². The lowest BCUT2D eigenvalue weighted by molar-refractivity contribution is 0.0548. The van der Waals surface area contributed by atoms with Crippen LogP contribution in [0.2, 0.25) is 0 Å². The summed E-state index contributed by atoms with van der Waals surface area (Å²) in [4.78, 5) is 0. The van der Waals surface area contributed by atoms with Crippen LogP contribution in [0, 0.1) is 0 Å². The van der Waals surface area contributed by atoms with Gasteiger partial charge in [-0.25, -0.2) is 0 Å². The minimum Gasteiger partial charge on any atom is -0.374 e. The fraction of sp³-hybridized carbons (Fsp3) is 1.00. The molecule has 0 aromatic carbocycles.